The molecule has 1 amide bonds. The summed E-state index contributed by atoms with van der Waals surface area (Å²) < 4.78 is 57.8. The van der Waals surface area contributed by atoms with Crippen molar-refractivity contribution in [3.05, 3.63) is 70.9 Å². The molecule has 1 unspecified atom stereocenters. The van der Waals surface area contributed by atoms with Crippen molar-refractivity contribution in [2.24, 2.45) is 11.3 Å². The molecule has 352 valence electrons. The van der Waals surface area contributed by atoms with Crippen molar-refractivity contribution in [2.45, 2.75) is 99.5 Å². The van der Waals surface area contributed by atoms with Crippen LogP contribution in [-0.4, -0.2) is 150 Å². The normalized spacial score (nSPS) is 34.6. The highest BCUT2D eigenvalue weighted by Gasteiger charge is 2.81. The number of methoxy groups -OCH3 is 3. The maximum Gasteiger partial charge on any atom is 0.344 e. The molecule has 10 atom stereocenters. The summed E-state index contributed by atoms with van der Waals surface area (Å²) in [6.45, 7) is 8.16. The van der Waals surface area contributed by atoms with Crippen LogP contribution in [0.5, 0.6) is 5.75 Å². The molecule has 5 aliphatic heterocycles. The Morgan fingerprint density at radius 1 is 0.969 bits per heavy atom. The second-order valence-electron chi connectivity index (χ2n) is 18.5. The van der Waals surface area contributed by atoms with Gasteiger partial charge in [0.25, 0.3) is 0 Å². The van der Waals surface area contributed by atoms with E-state index in [-0.39, 0.29) is 12.3 Å². The minimum Gasteiger partial charge on any atom is -0.759 e. The third-order valence-electron chi connectivity index (χ3n) is 15.5. The molecule has 3 fully saturated rings. The first kappa shape index (κ1) is 46.6. The Morgan fingerprint density at radius 3 is 2.31 bits per heavy atom. The van der Waals surface area contributed by atoms with Crippen LogP contribution in [0.2, 0.25) is 0 Å². The number of carbonyl (C=O) groups is 4. The summed E-state index contributed by atoms with van der Waals surface area (Å²) in [6, 6.07) is 9.97. The van der Waals surface area contributed by atoms with Crippen molar-refractivity contribution in [2.75, 3.05) is 59.0 Å². The van der Waals surface area contributed by atoms with Crippen LogP contribution in [0, 0.1) is 11.3 Å². The van der Waals surface area contributed by atoms with Crippen molar-refractivity contribution < 1.29 is 65.9 Å². The second-order valence-corrected chi connectivity index (χ2v) is 19.3. The van der Waals surface area contributed by atoms with Crippen LogP contribution in [0.15, 0.2) is 48.6 Å². The zero-order valence-electron chi connectivity index (χ0n) is 37.3. The second kappa shape index (κ2) is 16.5. The maximum atomic E-state index is 15.3. The summed E-state index contributed by atoms with van der Waals surface area (Å²) in [4.78, 5) is 66.1. The first-order valence-electron chi connectivity index (χ1n) is 21.9. The van der Waals surface area contributed by atoms with E-state index in [2.05, 4.69) is 20.9 Å². The van der Waals surface area contributed by atoms with Crippen LogP contribution in [0.25, 0.3) is 10.9 Å². The van der Waals surface area contributed by atoms with E-state index in [9.17, 15) is 24.6 Å². The Balaban J connectivity index is 0.00000109. The van der Waals surface area contributed by atoms with Gasteiger partial charge < -0.3 is 48.1 Å². The molecule has 6 heterocycles. The van der Waals surface area contributed by atoms with E-state index in [1.165, 1.54) is 33.2 Å². The van der Waals surface area contributed by atoms with Gasteiger partial charge in [0, 0.05) is 88.6 Å². The van der Waals surface area contributed by atoms with E-state index < -0.39 is 73.9 Å². The molecule has 3 N–H and O–H groups in total. The molecular formula is C46H56N4O14S-2. The number of aromatic amines is 1. The Bertz CT molecular complexity index is 2560. The van der Waals surface area contributed by atoms with Gasteiger partial charge in [0.1, 0.15) is 11.2 Å². The predicted octanol–water partition coefficient (Wildman–Crippen LogP) is 2.18. The average molecular weight is 921 g/mol. The molecular weight excluding hydrogens is 865 g/mol. The molecule has 2 aromatic carbocycles. The van der Waals surface area contributed by atoms with Crippen molar-refractivity contribution in [3.8, 4) is 5.75 Å². The number of anilines is 1. The number of carbonyl (C=O) groups excluding carboxylic acids is 4. The zero-order chi connectivity index (χ0) is 47.1. The number of para-hydroxylation sites is 1. The molecule has 18 nitrogen and oxygen atoms in total. The van der Waals surface area contributed by atoms with Gasteiger partial charge in [-0.3, -0.25) is 32.6 Å². The number of aliphatic hydroxyl groups is 2. The third kappa shape index (κ3) is 6.90. The molecule has 65 heavy (non-hydrogen) atoms. The lowest BCUT2D eigenvalue weighted by Crippen LogP contribution is -2.81. The van der Waals surface area contributed by atoms with Crippen molar-refractivity contribution >= 4 is 51.3 Å². The molecule has 9 rings (SSSR count). The number of H-pyrrole nitrogens is 1. The van der Waals surface area contributed by atoms with Gasteiger partial charge in [-0.1, -0.05) is 44.2 Å². The number of amides is 1. The van der Waals surface area contributed by atoms with Gasteiger partial charge in [-0.15, -0.1) is 0 Å². The van der Waals surface area contributed by atoms with E-state index in [4.69, 9.17) is 36.5 Å². The molecule has 6 aliphatic rings. The van der Waals surface area contributed by atoms with Gasteiger partial charge >= 0.3 is 17.9 Å². The Labute approximate surface area is 377 Å². The van der Waals surface area contributed by atoms with Crippen LogP contribution >= 0.6 is 0 Å². The van der Waals surface area contributed by atoms with Crippen LogP contribution in [0.4, 0.5) is 5.69 Å². The number of hydrogen-bond acceptors (Lipinski definition) is 16. The Kier molecular flexibility index (Phi) is 11.8. The molecule has 2 saturated heterocycles. The topological polar surface area (TPSA) is 251 Å². The van der Waals surface area contributed by atoms with Gasteiger partial charge in [0.2, 0.25) is 12.0 Å². The lowest BCUT2D eigenvalue weighted by Gasteiger charge is -2.63. The summed E-state index contributed by atoms with van der Waals surface area (Å²) in [5.41, 5.74) is -3.15. The summed E-state index contributed by atoms with van der Waals surface area (Å²) in [7, 11) is -1.08. The fourth-order valence-electron chi connectivity index (χ4n) is 13.4. The number of nitrogens with zero attached hydrogens (tertiary/aromatic N) is 3. The summed E-state index contributed by atoms with van der Waals surface area (Å²) >= 11 is 0. The highest BCUT2D eigenvalue weighted by molar-refractivity contribution is 7.79. The first-order chi connectivity index (χ1) is 30.8. The number of ether oxygens (including phenoxy) is 4. The number of fused-ring (bicyclic) bond motifs is 6. The van der Waals surface area contributed by atoms with Crippen molar-refractivity contribution in [1.82, 2.24) is 14.8 Å². The number of benzene rings is 2. The van der Waals surface area contributed by atoms with Crippen LogP contribution in [0.3, 0.4) is 0 Å². The molecule has 0 radical (unpaired) electrons. The zero-order valence-corrected chi connectivity index (χ0v) is 38.1. The molecule has 19 heteroatoms. The van der Waals surface area contributed by atoms with Crippen LogP contribution < -0.4 is 9.64 Å². The van der Waals surface area contributed by atoms with E-state index in [0.29, 0.717) is 99.5 Å². The van der Waals surface area contributed by atoms with E-state index in [1.807, 2.05) is 50.3 Å². The minimum atomic E-state index is -5.17. The first-order valence-corrected chi connectivity index (χ1v) is 23.3. The number of aromatic nitrogens is 1. The van der Waals surface area contributed by atoms with E-state index >= 15 is 4.79 Å². The molecule has 1 saturated carbocycles. The van der Waals surface area contributed by atoms with Gasteiger partial charge in [0.05, 0.1) is 38.7 Å². The van der Waals surface area contributed by atoms with E-state index in [0.717, 1.165) is 16.5 Å². The molecule has 3 aromatic rings. The van der Waals surface area contributed by atoms with Gasteiger partial charge in [-0.25, -0.2) is 4.79 Å². The molecule has 1 aromatic heterocycles. The van der Waals surface area contributed by atoms with Crippen molar-refractivity contribution in [3.63, 3.8) is 0 Å². The van der Waals surface area contributed by atoms with E-state index in [1.54, 1.807) is 6.07 Å². The smallest absolute Gasteiger partial charge is 0.344 e. The highest BCUT2D eigenvalue weighted by Crippen LogP contribution is 2.68. The number of rotatable bonds is 8. The van der Waals surface area contributed by atoms with Crippen molar-refractivity contribution in [1.29, 1.82) is 0 Å². The summed E-state index contributed by atoms with van der Waals surface area (Å²) in [6.07, 6.45) is 5.83. The largest absolute Gasteiger partial charge is 0.759 e. The minimum absolute atomic E-state index is 0.155. The average Bonchev–Trinajstić information content (AvgIpc) is 3.95. The van der Waals surface area contributed by atoms with Gasteiger partial charge in [-0.05, 0) is 74.2 Å². The number of piperidine rings is 1. The fourth-order valence-corrected chi connectivity index (χ4v) is 13.4. The number of esters is 3. The quantitative estimate of drug-likeness (QED) is 0.0731. The van der Waals surface area contributed by atoms with Crippen LogP contribution in [0.1, 0.15) is 75.3 Å². The monoisotopic (exact) mass is 920 g/mol. The standard InChI is InChI=1S/C46H56N4O10.H2O4S/c1-7-42(55)22-28-23-45(40(53)58-5,36-30(14-18-48(24-28)25-42)29-12-9-10-13-33(29)47-36)32-20-31-34(21-35(32)57-4)50(26-51)38-44(31)16-19-49-17-11-15-43(8-2,37(44)49)39(60-27(3)52)46(38,56)41(54)59-6;1-5(2,3)4/h9-13,15,20-21,26,28,37-39,47,55-56H,7-8,14,16-19,22-25H2,1-6H3;(H2,1,2,3,4)/p-2/t28-,37+,38-,39-,42+,43-,44-,45+,46+;/m1./s1. The van der Waals surface area contributed by atoms with Gasteiger partial charge in [-0.2, -0.15) is 0 Å². The number of nitrogens with one attached hydrogen (secondary N) is 1. The lowest BCUT2D eigenvalue weighted by molar-refractivity contribution is -0.228. The third-order valence-corrected chi connectivity index (χ3v) is 15.5. The maximum absolute atomic E-state index is 15.3. The summed E-state index contributed by atoms with van der Waals surface area (Å²) in [5, 5.41) is 26.3. The Morgan fingerprint density at radius 2 is 1.68 bits per heavy atom. The molecule has 2 bridgehead atoms. The predicted molar refractivity (Wildman–Crippen MR) is 231 cm³/mol. The lowest BCUT2D eigenvalue weighted by atomic mass is 9.47. The fraction of sp³-hybridized carbons (Fsp3) is 0.565. The molecule has 1 aliphatic carbocycles. The number of hydrogen-bond donors (Lipinski definition) is 3. The summed E-state index contributed by atoms with van der Waals surface area (Å²) in [5.74, 6) is -2.06. The highest BCUT2D eigenvalue weighted by atomic mass is 32.3. The van der Waals surface area contributed by atoms with Gasteiger partial charge in [0.15, 0.2) is 6.10 Å². The molecule has 1 spiro atoms. The SMILES string of the molecule is CC[C@]1(O)C[C@H]2CN(CCc3c([nH]c4ccccc34)[C@@](C(=O)OC)(c3cc4c(cc3OC)N(C=O)[C@H]3[C@@](O)(C(=O)OC)[C@H](OC(C)=O)[C@]5(CC)C=CCN6CC[C@]43[C@@H]65)C2)C1.O=S(=O)([O-])[O-]. The Hall–Kier alpha value is -4.89. The van der Waals surface area contributed by atoms with Crippen LogP contribution in [-0.2, 0) is 61.0 Å².